The Hall–Kier alpha value is -0.900. The minimum Gasteiger partial charge on any atom is -0.388 e. The van der Waals surface area contributed by atoms with Gasteiger partial charge in [-0.2, -0.15) is 0 Å². The largest absolute Gasteiger partial charge is 0.388 e. The van der Waals surface area contributed by atoms with Crippen molar-refractivity contribution in [1.29, 1.82) is 0 Å². The van der Waals surface area contributed by atoms with E-state index in [0.29, 0.717) is 19.6 Å². The summed E-state index contributed by atoms with van der Waals surface area (Å²) in [5.41, 5.74) is 2.21. The lowest BCUT2D eigenvalue weighted by Gasteiger charge is -2.15. The third-order valence-corrected chi connectivity index (χ3v) is 2.88. The Balaban J connectivity index is 1.94. The summed E-state index contributed by atoms with van der Waals surface area (Å²) in [5, 5.41) is 9.98. The summed E-state index contributed by atoms with van der Waals surface area (Å²) in [6, 6.07) is 8.04. The number of benzene rings is 1. The highest BCUT2D eigenvalue weighted by atomic mass is 16.7. The third-order valence-electron chi connectivity index (χ3n) is 2.88. The van der Waals surface area contributed by atoms with E-state index in [-0.39, 0.29) is 6.29 Å². The fraction of sp³-hybridized carbons (Fsp3) is 0.538. The third kappa shape index (κ3) is 2.82. The van der Waals surface area contributed by atoms with E-state index in [1.807, 2.05) is 12.1 Å². The van der Waals surface area contributed by atoms with Crippen molar-refractivity contribution in [3.8, 4) is 0 Å². The fourth-order valence-electron chi connectivity index (χ4n) is 1.84. The molecule has 0 aromatic heterocycles. The van der Waals surface area contributed by atoms with Crippen molar-refractivity contribution >= 4 is 0 Å². The minimum atomic E-state index is -0.506. The normalized spacial score (nSPS) is 18.9. The molecule has 3 nitrogen and oxygen atoms in total. The number of hydrogen-bond donors (Lipinski definition) is 1. The summed E-state index contributed by atoms with van der Waals surface area (Å²) >= 11 is 0. The predicted octanol–water partition coefficient (Wildman–Crippen LogP) is 2.05. The number of rotatable bonds is 4. The van der Waals surface area contributed by atoms with Crippen molar-refractivity contribution in [2.24, 2.45) is 0 Å². The van der Waals surface area contributed by atoms with E-state index in [4.69, 9.17) is 9.47 Å². The lowest BCUT2D eigenvalue weighted by molar-refractivity contribution is -0.0707. The summed E-state index contributed by atoms with van der Waals surface area (Å²) in [7, 11) is 0. The molecule has 0 saturated carbocycles. The van der Waals surface area contributed by atoms with Gasteiger partial charge in [0.05, 0.1) is 19.3 Å². The van der Waals surface area contributed by atoms with Gasteiger partial charge >= 0.3 is 0 Å². The number of aliphatic hydroxyl groups is 1. The number of hydrogen-bond acceptors (Lipinski definition) is 3. The van der Waals surface area contributed by atoms with E-state index in [1.54, 1.807) is 0 Å². The van der Waals surface area contributed by atoms with Gasteiger partial charge in [0.15, 0.2) is 6.29 Å². The maximum absolute atomic E-state index is 9.98. The van der Waals surface area contributed by atoms with Gasteiger partial charge in [0.2, 0.25) is 0 Å². The van der Waals surface area contributed by atoms with Crippen LogP contribution in [0.4, 0.5) is 0 Å². The van der Waals surface area contributed by atoms with Crippen LogP contribution in [0.5, 0.6) is 0 Å². The quantitative estimate of drug-likeness (QED) is 0.847. The molecule has 1 N–H and O–H groups in total. The van der Waals surface area contributed by atoms with Crippen LogP contribution in [0, 0.1) is 0 Å². The van der Waals surface area contributed by atoms with Crippen molar-refractivity contribution in [3.05, 3.63) is 35.4 Å². The molecule has 1 saturated heterocycles. The first kappa shape index (κ1) is 11.6. The number of aliphatic hydroxyl groups excluding tert-OH is 1. The van der Waals surface area contributed by atoms with Gasteiger partial charge in [-0.05, 0) is 17.5 Å². The van der Waals surface area contributed by atoms with E-state index in [9.17, 15) is 5.11 Å². The molecule has 3 heteroatoms. The average molecular weight is 222 g/mol. The molecule has 1 aromatic rings. The van der Waals surface area contributed by atoms with E-state index in [1.165, 1.54) is 5.56 Å². The maximum Gasteiger partial charge on any atom is 0.160 e. The van der Waals surface area contributed by atoms with Crippen LogP contribution in [0.2, 0.25) is 0 Å². The first-order valence-corrected chi connectivity index (χ1v) is 5.79. The van der Waals surface area contributed by atoms with Gasteiger partial charge in [0.25, 0.3) is 0 Å². The van der Waals surface area contributed by atoms with Gasteiger partial charge in [-0.15, -0.1) is 0 Å². The van der Waals surface area contributed by atoms with E-state index < -0.39 is 6.10 Å². The Kier molecular flexibility index (Phi) is 3.93. The highest BCUT2D eigenvalue weighted by Crippen LogP contribution is 2.22. The van der Waals surface area contributed by atoms with Gasteiger partial charge in [0.1, 0.15) is 0 Å². The van der Waals surface area contributed by atoms with Crippen molar-refractivity contribution in [2.75, 3.05) is 13.2 Å². The highest BCUT2D eigenvalue weighted by molar-refractivity contribution is 5.24. The summed E-state index contributed by atoms with van der Waals surface area (Å²) in [4.78, 5) is 0. The lowest BCUT2D eigenvalue weighted by atomic mass is 10.0. The molecular weight excluding hydrogens is 204 g/mol. The Morgan fingerprint density at radius 3 is 2.44 bits per heavy atom. The Labute approximate surface area is 96.0 Å². The van der Waals surface area contributed by atoms with Gasteiger partial charge in [0, 0.05) is 6.42 Å². The van der Waals surface area contributed by atoms with Crippen LogP contribution in [-0.2, 0) is 15.9 Å². The topological polar surface area (TPSA) is 38.7 Å². The molecule has 1 unspecified atom stereocenters. The minimum absolute atomic E-state index is 0.249. The zero-order chi connectivity index (χ0) is 11.4. The molecule has 0 spiro atoms. The molecule has 0 amide bonds. The first-order chi connectivity index (χ1) is 7.79. The molecule has 1 aliphatic rings. The summed E-state index contributed by atoms with van der Waals surface area (Å²) in [5.74, 6) is 0. The summed E-state index contributed by atoms with van der Waals surface area (Å²) in [6.45, 7) is 3.38. The molecule has 0 aliphatic carbocycles. The molecule has 0 radical (unpaired) electrons. The zero-order valence-electron chi connectivity index (χ0n) is 9.56. The maximum atomic E-state index is 9.98. The second kappa shape index (κ2) is 5.43. The van der Waals surface area contributed by atoms with Crippen LogP contribution in [0.15, 0.2) is 24.3 Å². The molecule has 1 heterocycles. The Morgan fingerprint density at radius 1 is 1.25 bits per heavy atom. The second-order valence-corrected chi connectivity index (χ2v) is 4.02. The SMILES string of the molecule is CCc1ccc(C(O)CC2OCCO2)cc1. The fourth-order valence-corrected chi connectivity index (χ4v) is 1.84. The average Bonchev–Trinajstić information content (AvgIpc) is 2.82. The molecule has 1 aromatic carbocycles. The van der Waals surface area contributed by atoms with E-state index >= 15 is 0 Å². The van der Waals surface area contributed by atoms with Crippen LogP contribution in [0.25, 0.3) is 0 Å². The number of ether oxygens (including phenoxy) is 2. The molecule has 2 rings (SSSR count). The predicted molar refractivity (Wildman–Crippen MR) is 61.1 cm³/mol. The molecule has 0 bridgehead atoms. The second-order valence-electron chi connectivity index (χ2n) is 4.02. The molecule has 1 aliphatic heterocycles. The van der Waals surface area contributed by atoms with Crippen LogP contribution < -0.4 is 0 Å². The van der Waals surface area contributed by atoms with Gasteiger partial charge in [-0.1, -0.05) is 31.2 Å². The summed E-state index contributed by atoms with van der Waals surface area (Å²) < 4.78 is 10.6. The van der Waals surface area contributed by atoms with Crippen molar-refractivity contribution < 1.29 is 14.6 Å². The Morgan fingerprint density at radius 2 is 1.88 bits per heavy atom. The van der Waals surface area contributed by atoms with Crippen molar-refractivity contribution in [1.82, 2.24) is 0 Å². The van der Waals surface area contributed by atoms with E-state index in [0.717, 1.165) is 12.0 Å². The van der Waals surface area contributed by atoms with Crippen LogP contribution in [0.1, 0.15) is 30.6 Å². The van der Waals surface area contributed by atoms with Gasteiger partial charge < -0.3 is 14.6 Å². The van der Waals surface area contributed by atoms with Gasteiger partial charge in [-0.3, -0.25) is 0 Å². The standard InChI is InChI=1S/C13H18O3/c1-2-10-3-5-11(6-4-10)12(14)9-13-15-7-8-16-13/h3-6,12-14H,2,7-9H2,1H3. The molecule has 1 fully saturated rings. The first-order valence-electron chi connectivity index (χ1n) is 5.79. The van der Waals surface area contributed by atoms with Crippen LogP contribution in [0.3, 0.4) is 0 Å². The lowest BCUT2D eigenvalue weighted by Crippen LogP contribution is -2.13. The van der Waals surface area contributed by atoms with Crippen molar-refractivity contribution in [2.45, 2.75) is 32.2 Å². The molecular formula is C13H18O3. The monoisotopic (exact) mass is 222 g/mol. The van der Waals surface area contributed by atoms with Crippen molar-refractivity contribution in [3.63, 3.8) is 0 Å². The van der Waals surface area contributed by atoms with E-state index in [2.05, 4.69) is 19.1 Å². The molecule has 16 heavy (non-hydrogen) atoms. The smallest absolute Gasteiger partial charge is 0.160 e. The molecule has 88 valence electrons. The summed E-state index contributed by atoms with van der Waals surface area (Å²) in [6.07, 6.45) is 0.770. The molecule has 1 atom stereocenters. The number of aryl methyl sites for hydroxylation is 1. The highest BCUT2D eigenvalue weighted by Gasteiger charge is 2.20. The van der Waals surface area contributed by atoms with Gasteiger partial charge in [-0.25, -0.2) is 0 Å². The van der Waals surface area contributed by atoms with Crippen LogP contribution >= 0.6 is 0 Å². The Bertz CT molecular complexity index is 314. The van der Waals surface area contributed by atoms with Crippen LogP contribution in [-0.4, -0.2) is 24.6 Å². The zero-order valence-corrected chi connectivity index (χ0v) is 9.56.